The second kappa shape index (κ2) is 3.72. The highest BCUT2D eigenvalue weighted by Gasteiger charge is 2.06. The van der Waals surface area contributed by atoms with E-state index in [0.29, 0.717) is 0 Å². The molecule has 0 spiro atoms. The third kappa shape index (κ3) is 1.59. The zero-order valence-electron chi connectivity index (χ0n) is 7.97. The molecule has 14 heavy (non-hydrogen) atoms. The van der Waals surface area contributed by atoms with Crippen LogP contribution in [-0.2, 0) is 0 Å². The van der Waals surface area contributed by atoms with Crippen molar-refractivity contribution in [2.45, 2.75) is 0 Å². The number of hydrogen-bond acceptors (Lipinski definition) is 3. The van der Waals surface area contributed by atoms with Crippen molar-refractivity contribution in [1.82, 2.24) is 0 Å². The molecule has 0 amide bonds. The molecule has 0 aliphatic carbocycles. The van der Waals surface area contributed by atoms with Crippen LogP contribution in [0.3, 0.4) is 0 Å². The Bertz CT molecular complexity index is 409. The van der Waals surface area contributed by atoms with Crippen molar-refractivity contribution in [1.29, 1.82) is 0 Å². The number of nitrogen functional groups attached to an aromatic ring is 1. The van der Waals surface area contributed by atoms with Gasteiger partial charge in [0.25, 0.3) is 0 Å². The largest absolute Gasteiger partial charge is 0.397 e. The second-order valence-corrected chi connectivity index (χ2v) is 4.00. The summed E-state index contributed by atoms with van der Waals surface area (Å²) in [6, 6.07) is 12.0. The van der Waals surface area contributed by atoms with Gasteiger partial charge in [0, 0.05) is 7.05 Å². The van der Waals surface area contributed by atoms with Crippen molar-refractivity contribution >= 4 is 27.7 Å². The molecule has 0 bridgehead atoms. The molecule has 1 aromatic carbocycles. The molecule has 0 unspecified atom stereocenters. The van der Waals surface area contributed by atoms with Crippen LogP contribution in [0.2, 0.25) is 0 Å². The van der Waals surface area contributed by atoms with Crippen LogP contribution in [0.5, 0.6) is 0 Å². The van der Waals surface area contributed by atoms with Gasteiger partial charge in [0.1, 0.15) is 0 Å². The van der Waals surface area contributed by atoms with Gasteiger partial charge in [0.05, 0.1) is 16.4 Å². The van der Waals surface area contributed by atoms with E-state index in [1.807, 2.05) is 37.4 Å². The number of benzene rings is 1. The van der Waals surface area contributed by atoms with Crippen molar-refractivity contribution in [3.05, 3.63) is 41.8 Å². The van der Waals surface area contributed by atoms with Crippen molar-refractivity contribution in [2.24, 2.45) is 0 Å². The summed E-state index contributed by atoms with van der Waals surface area (Å²) in [5, 5.41) is 3.26. The van der Waals surface area contributed by atoms with Gasteiger partial charge in [-0.3, -0.25) is 0 Å². The van der Waals surface area contributed by atoms with Gasteiger partial charge in [-0.05, 0) is 29.6 Å². The zero-order valence-corrected chi connectivity index (χ0v) is 8.79. The molecular weight excluding hydrogens is 192 g/mol. The van der Waals surface area contributed by atoms with E-state index in [-0.39, 0.29) is 0 Å². The molecule has 1 heterocycles. The van der Waals surface area contributed by atoms with Crippen LogP contribution in [0.1, 0.15) is 0 Å². The molecule has 0 atom stereocenters. The molecule has 0 saturated carbocycles. The Morgan fingerprint density at radius 3 is 2.57 bits per heavy atom. The van der Waals surface area contributed by atoms with Gasteiger partial charge in [-0.1, -0.05) is 12.1 Å². The Balaban J connectivity index is 2.37. The van der Waals surface area contributed by atoms with Crippen LogP contribution in [-0.4, -0.2) is 7.05 Å². The molecule has 2 nitrogen and oxygen atoms in total. The van der Waals surface area contributed by atoms with E-state index in [4.69, 9.17) is 5.73 Å². The summed E-state index contributed by atoms with van der Waals surface area (Å²) >= 11 is 1.70. The monoisotopic (exact) mass is 204 g/mol. The maximum absolute atomic E-state index is 5.89. The van der Waals surface area contributed by atoms with Gasteiger partial charge in [-0.25, -0.2) is 0 Å². The van der Waals surface area contributed by atoms with E-state index < -0.39 is 0 Å². The predicted molar refractivity (Wildman–Crippen MR) is 63.2 cm³/mol. The standard InChI is InChI=1S/C11H12N2S/c1-13(11-7-4-8-14-11)10-6-3-2-5-9(10)12/h2-8H,12H2,1H3. The fraction of sp³-hybridized carbons (Fsp3) is 0.0909. The second-order valence-electron chi connectivity index (χ2n) is 3.07. The van der Waals surface area contributed by atoms with Crippen LogP contribution in [0.4, 0.5) is 16.4 Å². The van der Waals surface area contributed by atoms with Gasteiger partial charge in [-0.2, -0.15) is 0 Å². The first kappa shape index (κ1) is 9.09. The number of hydrogen-bond donors (Lipinski definition) is 1. The number of anilines is 3. The summed E-state index contributed by atoms with van der Waals surface area (Å²) in [4.78, 5) is 2.10. The molecule has 0 aliphatic heterocycles. The molecular formula is C11H12N2S. The minimum atomic E-state index is 0.809. The topological polar surface area (TPSA) is 29.3 Å². The smallest absolute Gasteiger partial charge is 0.0951 e. The molecule has 2 N–H and O–H groups in total. The summed E-state index contributed by atoms with van der Waals surface area (Å²) in [7, 11) is 2.03. The van der Waals surface area contributed by atoms with E-state index in [0.717, 1.165) is 11.4 Å². The molecule has 2 rings (SSSR count). The summed E-state index contributed by atoms with van der Waals surface area (Å²) in [6.45, 7) is 0. The number of thiophene rings is 1. The van der Waals surface area contributed by atoms with Crippen LogP contribution < -0.4 is 10.6 Å². The lowest BCUT2D eigenvalue weighted by atomic mass is 10.2. The number of nitrogens with zero attached hydrogens (tertiary/aromatic N) is 1. The molecule has 0 saturated heterocycles. The van der Waals surface area contributed by atoms with Crippen LogP contribution in [0.15, 0.2) is 41.8 Å². The maximum Gasteiger partial charge on any atom is 0.0951 e. The predicted octanol–water partition coefficient (Wildman–Crippen LogP) is 3.10. The first-order valence-corrected chi connectivity index (χ1v) is 5.29. The molecule has 0 fully saturated rings. The third-order valence-electron chi connectivity index (χ3n) is 2.13. The highest BCUT2D eigenvalue weighted by Crippen LogP contribution is 2.31. The maximum atomic E-state index is 5.89. The summed E-state index contributed by atoms with van der Waals surface area (Å²) < 4.78 is 0. The molecule has 72 valence electrons. The fourth-order valence-corrected chi connectivity index (χ4v) is 2.08. The zero-order chi connectivity index (χ0) is 9.97. The van der Waals surface area contributed by atoms with Gasteiger partial charge in [-0.15, -0.1) is 11.3 Å². The van der Waals surface area contributed by atoms with Gasteiger partial charge < -0.3 is 10.6 Å². The Kier molecular flexibility index (Phi) is 2.41. The molecule has 0 aliphatic rings. The highest BCUT2D eigenvalue weighted by molar-refractivity contribution is 7.14. The quantitative estimate of drug-likeness (QED) is 0.762. The molecule has 3 heteroatoms. The summed E-state index contributed by atoms with van der Waals surface area (Å²) in [5.41, 5.74) is 7.75. The van der Waals surface area contributed by atoms with Crippen LogP contribution >= 0.6 is 11.3 Å². The van der Waals surface area contributed by atoms with Gasteiger partial charge in [0.15, 0.2) is 0 Å². The molecule has 1 aromatic heterocycles. The lowest BCUT2D eigenvalue weighted by Gasteiger charge is -2.18. The van der Waals surface area contributed by atoms with Crippen molar-refractivity contribution < 1.29 is 0 Å². The van der Waals surface area contributed by atoms with E-state index >= 15 is 0 Å². The Hall–Kier alpha value is -1.48. The first-order chi connectivity index (χ1) is 6.79. The van der Waals surface area contributed by atoms with Gasteiger partial charge >= 0.3 is 0 Å². The normalized spacial score (nSPS) is 10.1. The van der Waals surface area contributed by atoms with Crippen LogP contribution in [0.25, 0.3) is 0 Å². The Morgan fingerprint density at radius 2 is 1.93 bits per heavy atom. The van der Waals surface area contributed by atoms with Crippen molar-refractivity contribution in [2.75, 3.05) is 17.7 Å². The molecule has 2 aromatic rings. The van der Waals surface area contributed by atoms with E-state index in [9.17, 15) is 0 Å². The van der Waals surface area contributed by atoms with Gasteiger partial charge in [0.2, 0.25) is 0 Å². The fourth-order valence-electron chi connectivity index (χ4n) is 1.37. The Morgan fingerprint density at radius 1 is 1.14 bits per heavy atom. The SMILES string of the molecule is CN(c1cccs1)c1ccccc1N. The first-order valence-electron chi connectivity index (χ1n) is 4.41. The average Bonchev–Trinajstić information content (AvgIpc) is 2.70. The van der Waals surface area contributed by atoms with Crippen molar-refractivity contribution in [3.8, 4) is 0 Å². The average molecular weight is 204 g/mol. The van der Waals surface area contributed by atoms with E-state index in [1.165, 1.54) is 5.00 Å². The number of nitrogens with two attached hydrogens (primary N) is 1. The third-order valence-corrected chi connectivity index (χ3v) is 3.08. The summed E-state index contributed by atoms with van der Waals surface area (Å²) in [5.74, 6) is 0. The minimum absolute atomic E-state index is 0.809. The molecule has 0 radical (unpaired) electrons. The highest BCUT2D eigenvalue weighted by atomic mass is 32.1. The minimum Gasteiger partial charge on any atom is -0.397 e. The number of para-hydroxylation sites is 2. The number of rotatable bonds is 2. The van der Waals surface area contributed by atoms with E-state index in [2.05, 4.69) is 16.3 Å². The lowest BCUT2D eigenvalue weighted by molar-refractivity contribution is 1.24. The summed E-state index contributed by atoms with van der Waals surface area (Å²) in [6.07, 6.45) is 0. The Labute approximate surface area is 87.6 Å². The van der Waals surface area contributed by atoms with E-state index in [1.54, 1.807) is 11.3 Å². The van der Waals surface area contributed by atoms with Crippen molar-refractivity contribution in [3.63, 3.8) is 0 Å². The van der Waals surface area contributed by atoms with Crippen LogP contribution in [0, 0.1) is 0 Å². The lowest BCUT2D eigenvalue weighted by Crippen LogP contribution is -2.09.